The van der Waals surface area contributed by atoms with E-state index in [1.165, 1.54) is 22.4 Å². The van der Waals surface area contributed by atoms with Gasteiger partial charge in [-0.05, 0) is 136 Å². The number of allylic oxidation sites excluding steroid dienone is 13. The Morgan fingerprint density at radius 3 is 1.12 bits per heavy atom. The van der Waals surface area contributed by atoms with Gasteiger partial charge in [-0.2, -0.15) is 0 Å². The summed E-state index contributed by atoms with van der Waals surface area (Å²) in [5.74, 6) is 3.73. The summed E-state index contributed by atoms with van der Waals surface area (Å²) < 4.78 is 0. The van der Waals surface area contributed by atoms with Crippen LogP contribution in [0.25, 0.3) is 0 Å². The average molecular weight is 832 g/mol. The maximum absolute atomic E-state index is 12.8. The second kappa shape index (κ2) is 34.5. The van der Waals surface area contributed by atoms with Crippen molar-refractivity contribution in [1.82, 2.24) is 14.7 Å². The predicted octanol–water partition coefficient (Wildman–Crippen LogP) is 15.9. The van der Waals surface area contributed by atoms with Crippen molar-refractivity contribution in [2.24, 2.45) is 35.5 Å². The summed E-state index contributed by atoms with van der Waals surface area (Å²) >= 11 is 0. The molecule has 60 heavy (non-hydrogen) atoms. The number of hydrogen-bond acceptors (Lipinski definition) is 3. The highest BCUT2D eigenvalue weighted by Crippen LogP contribution is 2.19. The van der Waals surface area contributed by atoms with Crippen LogP contribution in [0.15, 0.2) is 106 Å². The SMILES string of the molecule is CC(C)=C(/C=C\C=C/C(C)C)C(=O)N(CC(C)C)C(C)C.CC(C)=C(/C=C\C=C/C(C)C)CN(CC(C)C)C(C)C.CC(C)=C(/C=C\C=C/C(C)C)N(CC(C)C)C(C)C. The third-order valence-electron chi connectivity index (χ3n) is 9.20. The maximum atomic E-state index is 12.8. The molecule has 0 N–H and O–H groups in total. The van der Waals surface area contributed by atoms with Crippen molar-refractivity contribution >= 4 is 5.91 Å². The summed E-state index contributed by atoms with van der Waals surface area (Å²) in [6, 6.07) is 1.34. The van der Waals surface area contributed by atoms with Crippen LogP contribution in [-0.4, -0.2) is 64.9 Å². The molecule has 0 aliphatic rings. The fourth-order valence-electron chi connectivity index (χ4n) is 5.91. The zero-order chi connectivity index (χ0) is 47.3. The molecule has 0 fully saturated rings. The molecule has 0 radical (unpaired) electrons. The third-order valence-corrected chi connectivity index (χ3v) is 9.20. The molecule has 0 rings (SSSR count). The molecule has 0 unspecified atom stereocenters. The lowest BCUT2D eigenvalue weighted by atomic mass is 10.1. The Labute approximate surface area is 376 Å². The highest BCUT2D eigenvalue weighted by Gasteiger charge is 2.21. The van der Waals surface area contributed by atoms with E-state index in [2.05, 4.69) is 217 Å². The van der Waals surface area contributed by atoms with Gasteiger partial charge in [0.05, 0.1) is 0 Å². The van der Waals surface area contributed by atoms with Crippen LogP contribution in [0.5, 0.6) is 0 Å². The Morgan fingerprint density at radius 2 is 0.800 bits per heavy atom. The first-order chi connectivity index (χ1) is 27.6. The summed E-state index contributed by atoms with van der Waals surface area (Å²) in [6.07, 6.45) is 25.7. The maximum Gasteiger partial charge on any atom is 0.254 e. The highest BCUT2D eigenvalue weighted by atomic mass is 16.2. The first kappa shape index (κ1) is 61.2. The van der Waals surface area contributed by atoms with Gasteiger partial charge in [-0.25, -0.2) is 0 Å². The molecule has 0 bridgehead atoms. The minimum Gasteiger partial charge on any atom is -0.369 e. The van der Waals surface area contributed by atoms with Gasteiger partial charge < -0.3 is 9.80 Å². The monoisotopic (exact) mass is 832 g/mol. The molecule has 0 saturated carbocycles. The van der Waals surface area contributed by atoms with Gasteiger partial charge in [0.1, 0.15) is 0 Å². The Kier molecular flexibility index (Phi) is 35.2. The molecule has 0 aromatic carbocycles. The molecule has 4 heteroatoms. The van der Waals surface area contributed by atoms with Gasteiger partial charge in [-0.15, -0.1) is 0 Å². The lowest BCUT2D eigenvalue weighted by Crippen LogP contribution is -2.40. The summed E-state index contributed by atoms with van der Waals surface area (Å²) in [5, 5.41) is 0. The van der Waals surface area contributed by atoms with E-state index in [4.69, 9.17) is 0 Å². The zero-order valence-corrected chi connectivity index (χ0v) is 44.2. The molecule has 1 amide bonds. The quantitative estimate of drug-likeness (QED) is 0.0803. The smallest absolute Gasteiger partial charge is 0.254 e. The molecule has 0 aromatic rings. The van der Waals surface area contributed by atoms with Crippen LogP contribution in [0, 0.1) is 35.5 Å². The molecule has 4 nitrogen and oxygen atoms in total. The van der Waals surface area contributed by atoms with Crippen molar-refractivity contribution in [3.05, 3.63) is 106 Å². The lowest BCUT2D eigenvalue weighted by Gasteiger charge is -2.32. The minimum atomic E-state index is 0.132. The van der Waals surface area contributed by atoms with E-state index < -0.39 is 0 Å². The second-order valence-corrected chi connectivity index (χ2v) is 20.3. The van der Waals surface area contributed by atoms with Gasteiger partial charge in [-0.1, -0.05) is 161 Å². The Hall–Kier alpha value is -3.11. The van der Waals surface area contributed by atoms with Crippen LogP contribution in [0.1, 0.15) is 166 Å². The van der Waals surface area contributed by atoms with E-state index in [0.717, 1.165) is 37.3 Å². The standard InChI is InChI=1S/C19H33NO.C19H35N.C18H33N/c1-14(2)11-9-10-12-18(16(5)6)19(21)20(17(7)8)13-15(3)4;1-15(2)11-9-10-12-19(17(5)6)14-20(18(7)8)13-16(3)4;1-14(2)11-9-10-12-18(16(5)6)19(17(7)8)13-15(3)4/h9-12,14-15,17H,13H2,1-8H3;9-12,15-16,18H,13-14H2,1-8H3;9-12,14-15,17H,13H2,1-8H3/b3*11-9-,12-10-. The van der Waals surface area contributed by atoms with Gasteiger partial charge >= 0.3 is 0 Å². The van der Waals surface area contributed by atoms with Crippen molar-refractivity contribution in [3.8, 4) is 0 Å². The Morgan fingerprint density at radius 1 is 0.417 bits per heavy atom. The van der Waals surface area contributed by atoms with Crippen molar-refractivity contribution in [1.29, 1.82) is 0 Å². The zero-order valence-electron chi connectivity index (χ0n) is 44.2. The van der Waals surface area contributed by atoms with Crippen molar-refractivity contribution < 1.29 is 4.79 Å². The number of hydrogen-bond donors (Lipinski definition) is 0. The van der Waals surface area contributed by atoms with Gasteiger partial charge in [0.25, 0.3) is 5.91 Å². The van der Waals surface area contributed by atoms with Gasteiger partial charge in [-0.3, -0.25) is 9.69 Å². The fourth-order valence-corrected chi connectivity index (χ4v) is 5.91. The van der Waals surface area contributed by atoms with Crippen molar-refractivity contribution in [2.45, 2.75) is 184 Å². The van der Waals surface area contributed by atoms with Gasteiger partial charge in [0.15, 0.2) is 0 Å². The summed E-state index contributed by atoms with van der Waals surface area (Å²) in [4.78, 5) is 19.8. The highest BCUT2D eigenvalue weighted by molar-refractivity contribution is 5.97. The summed E-state index contributed by atoms with van der Waals surface area (Å²) in [5.41, 5.74) is 7.45. The number of carbonyl (C=O) groups excluding carboxylic acids is 1. The first-order valence-corrected chi connectivity index (χ1v) is 23.5. The first-order valence-electron chi connectivity index (χ1n) is 23.5. The van der Waals surface area contributed by atoms with E-state index in [1.807, 2.05) is 37.0 Å². The van der Waals surface area contributed by atoms with E-state index in [1.54, 1.807) is 0 Å². The topological polar surface area (TPSA) is 26.8 Å². The van der Waals surface area contributed by atoms with E-state index in [-0.39, 0.29) is 11.9 Å². The Balaban J connectivity index is -0.000000813. The number of nitrogens with zero attached hydrogens (tertiary/aromatic N) is 3. The molecule has 346 valence electrons. The largest absolute Gasteiger partial charge is 0.369 e. The van der Waals surface area contributed by atoms with Crippen molar-refractivity contribution in [2.75, 3.05) is 26.2 Å². The minimum absolute atomic E-state index is 0.132. The fraction of sp³-hybridized carbons (Fsp3) is 0.661. The average Bonchev–Trinajstić information content (AvgIpc) is 3.09. The molecular weight excluding hydrogens is 731 g/mol. The van der Waals surface area contributed by atoms with Crippen LogP contribution >= 0.6 is 0 Å². The van der Waals surface area contributed by atoms with E-state index in [9.17, 15) is 4.79 Å². The lowest BCUT2D eigenvalue weighted by molar-refractivity contribution is -0.129. The van der Waals surface area contributed by atoms with Crippen molar-refractivity contribution in [3.63, 3.8) is 0 Å². The molecule has 0 atom stereocenters. The number of amides is 1. The van der Waals surface area contributed by atoms with Gasteiger partial charge in [0, 0.05) is 55.6 Å². The molecule has 0 heterocycles. The Bertz CT molecular complexity index is 1420. The molecule has 0 aromatic heterocycles. The predicted molar refractivity (Wildman–Crippen MR) is 274 cm³/mol. The molecular formula is C56H101N3O. The van der Waals surface area contributed by atoms with Crippen LogP contribution < -0.4 is 0 Å². The molecule has 0 aliphatic heterocycles. The molecule has 0 spiro atoms. The normalized spacial score (nSPS) is 12.4. The van der Waals surface area contributed by atoms with Crippen LogP contribution in [0.4, 0.5) is 0 Å². The van der Waals surface area contributed by atoms with Crippen LogP contribution in [0.2, 0.25) is 0 Å². The number of carbonyl (C=O) groups is 1. The van der Waals surface area contributed by atoms with Crippen LogP contribution in [0.3, 0.4) is 0 Å². The number of rotatable bonds is 22. The molecule has 0 aliphatic carbocycles. The second-order valence-electron chi connectivity index (χ2n) is 20.3. The molecule has 0 saturated heterocycles. The summed E-state index contributed by atoms with van der Waals surface area (Å²) in [6.45, 7) is 56.7. The van der Waals surface area contributed by atoms with Crippen LogP contribution in [-0.2, 0) is 4.79 Å². The van der Waals surface area contributed by atoms with Gasteiger partial charge in [0.2, 0.25) is 0 Å². The summed E-state index contributed by atoms with van der Waals surface area (Å²) in [7, 11) is 0. The van der Waals surface area contributed by atoms with E-state index in [0.29, 0.717) is 47.6 Å². The third kappa shape index (κ3) is 32.6. The van der Waals surface area contributed by atoms with E-state index >= 15 is 0 Å².